The first-order valence-electron chi connectivity index (χ1n) is 7.11. The van der Waals surface area contributed by atoms with Gasteiger partial charge in [0.2, 0.25) is 0 Å². The molecule has 0 fully saturated rings. The van der Waals surface area contributed by atoms with E-state index in [0.717, 1.165) is 11.6 Å². The minimum absolute atomic E-state index is 0.0455. The molecule has 1 N–H and O–H groups in total. The molecule has 0 spiro atoms. The highest BCUT2D eigenvalue weighted by Crippen LogP contribution is 2.37. The van der Waals surface area contributed by atoms with Crippen LogP contribution in [0.5, 0.6) is 0 Å². The van der Waals surface area contributed by atoms with E-state index in [-0.39, 0.29) is 22.1 Å². The number of ether oxygens (including phenoxy) is 1. The first-order valence-corrected chi connectivity index (χ1v) is 9.35. The van der Waals surface area contributed by atoms with Gasteiger partial charge in [0, 0.05) is 0 Å². The number of aryl methyl sites for hydroxylation is 1. The van der Waals surface area contributed by atoms with Crippen molar-refractivity contribution < 1.29 is 22.3 Å². The van der Waals surface area contributed by atoms with Gasteiger partial charge in [-0.25, -0.2) is 17.6 Å². The largest absolute Gasteiger partial charge is 0.462 e. The van der Waals surface area contributed by atoms with E-state index in [1.807, 2.05) is 0 Å². The molecule has 0 saturated carbocycles. The monoisotopic (exact) mass is 405 g/mol. The standard InChI is InChI=1S/C16H14Cl2FNO4S/c1-3-24-16(21)11-8-12(19)14(18)15(13(11)17)20-25(22,23)10-6-4-9(2)5-7-10/h4-8,20H,3H2,1-2H3. The third-order valence-corrected chi connectivity index (χ3v) is 5.35. The minimum Gasteiger partial charge on any atom is -0.462 e. The van der Waals surface area contributed by atoms with E-state index >= 15 is 0 Å². The van der Waals surface area contributed by atoms with Gasteiger partial charge in [-0.2, -0.15) is 0 Å². The number of anilines is 1. The van der Waals surface area contributed by atoms with E-state index in [4.69, 9.17) is 27.9 Å². The van der Waals surface area contributed by atoms with Crippen molar-refractivity contribution in [3.63, 3.8) is 0 Å². The van der Waals surface area contributed by atoms with Crippen LogP contribution in [0.15, 0.2) is 35.2 Å². The van der Waals surface area contributed by atoms with Crippen LogP contribution in [0, 0.1) is 12.7 Å². The lowest BCUT2D eigenvalue weighted by Gasteiger charge is -2.14. The smallest absolute Gasteiger partial charge is 0.339 e. The molecule has 0 aromatic heterocycles. The highest BCUT2D eigenvalue weighted by Gasteiger charge is 2.25. The summed E-state index contributed by atoms with van der Waals surface area (Å²) in [4.78, 5) is 11.8. The Labute approximate surface area is 154 Å². The molecule has 0 amide bonds. The molecule has 9 heteroatoms. The molecule has 2 aromatic carbocycles. The number of carbonyl (C=O) groups is 1. The van der Waals surface area contributed by atoms with E-state index in [1.165, 1.54) is 12.1 Å². The number of esters is 1. The van der Waals surface area contributed by atoms with Gasteiger partial charge >= 0.3 is 5.97 Å². The first-order chi connectivity index (χ1) is 11.7. The fourth-order valence-corrected chi connectivity index (χ4v) is 3.68. The molecule has 2 aromatic rings. The van der Waals surface area contributed by atoms with Crippen molar-refractivity contribution in [2.75, 3.05) is 11.3 Å². The van der Waals surface area contributed by atoms with Crippen LogP contribution in [0.1, 0.15) is 22.8 Å². The number of rotatable bonds is 5. The fraction of sp³-hybridized carbons (Fsp3) is 0.188. The van der Waals surface area contributed by atoms with Gasteiger partial charge in [0.1, 0.15) is 10.8 Å². The van der Waals surface area contributed by atoms with Gasteiger partial charge in [-0.15, -0.1) is 0 Å². The molecular weight excluding hydrogens is 392 g/mol. The molecular formula is C16H14Cl2FNO4S. The zero-order valence-electron chi connectivity index (χ0n) is 13.3. The van der Waals surface area contributed by atoms with Crippen LogP contribution < -0.4 is 4.72 Å². The van der Waals surface area contributed by atoms with Crippen LogP contribution in [-0.2, 0) is 14.8 Å². The third kappa shape index (κ3) is 4.23. The molecule has 134 valence electrons. The number of hydrogen-bond acceptors (Lipinski definition) is 4. The third-order valence-electron chi connectivity index (χ3n) is 3.22. The van der Waals surface area contributed by atoms with E-state index in [0.29, 0.717) is 0 Å². The maximum Gasteiger partial charge on any atom is 0.339 e. The van der Waals surface area contributed by atoms with Gasteiger partial charge in [0.15, 0.2) is 0 Å². The molecule has 0 aliphatic carbocycles. The van der Waals surface area contributed by atoms with Crippen LogP contribution in [0.25, 0.3) is 0 Å². The Morgan fingerprint density at radius 3 is 2.36 bits per heavy atom. The second kappa shape index (κ2) is 7.59. The van der Waals surface area contributed by atoms with Crippen LogP contribution in [0.4, 0.5) is 10.1 Å². The zero-order chi connectivity index (χ0) is 18.8. The number of nitrogens with one attached hydrogen (secondary N) is 1. The van der Waals surface area contributed by atoms with Gasteiger partial charge < -0.3 is 4.74 Å². The fourth-order valence-electron chi connectivity index (χ4n) is 1.96. The molecule has 0 bridgehead atoms. The second-order valence-corrected chi connectivity index (χ2v) is 7.49. The van der Waals surface area contributed by atoms with Gasteiger partial charge in [-0.05, 0) is 32.0 Å². The van der Waals surface area contributed by atoms with Crippen LogP contribution in [0.3, 0.4) is 0 Å². The summed E-state index contributed by atoms with van der Waals surface area (Å²) >= 11 is 11.9. The quantitative estimate of drug-likeness (QED) is 0.590. The van der Waals surface area contributed by atoms with Gasteiger partial charge in [-0.1, -0.05) is 40.9 Å². The molecule has 0 saturated heterocycles. The Bertz CT molecular complexity index is 915. The zero-order valence-corrected chi connectivity index (χ0v) is 15.6. The molecule has 2 rings (SSSR count). The SMILES string of the molecule is CCOC(=O)c1cc(F)c(Cl)c(NS(=O)(=O)c2ccc(C)cc2)c1Cl. The number of hydrogen-bond donors (Lipinski definition) is 1. The van der Waals surface area contributed by atoms with Gasteiger partial charge in [0.05, 0.1) is 27.8 Å². The lowest BCUT2D eigenvalue weighted by molar-refractivity contribution is 0.0526. The van der Waals surface area contributed by atoms with Crippen molar-refractivity contribution in [1.29, 1.82) is 0 Å². The first kappa shape index (κ1) is 19.5. The van der Waals surface area contributed by atoms with Gasteiger partial charge in [0.25, 0.3) is 10.0 Å². The van der Waals surface area contributed by atoms with Crippen LogP contribution >= 0.6 is 23.2 Å². The van der Waals surface area contributed by atoms with E-state index in [2.05, 4.69) is 4.72 Å². The summed E-state index contributed by atoms with van der Waals surface area (Å²) in [6, 6.07) is 6.77. The Hall–Kier alpha value is -1.83. The molecule has 0 heterocycles. The van der Waals surface area contributed by atoms with Crippen LogP contribution in [-0.4, -0.2) is 21.0 Å². The highest BCUT2D eigenvalue weighted by molar-refractivity contribution is 7.92. The summed E-state index contributed by atoms with van der Waals surface area (Å²) in [7, 11) is -4.08. The molecule has 0 aliphatic rings. The molecule has 5 nitrogen and oxygen atoms in total. The number of carbonyl (C=O) groups excluding carboxylic acids is 1. The average Bonchev–Trinajstić information content (AvgIpc) is 2.55. The van der Waals surface area contributed by atoms with Crippen molar-refractivity contribution in [2.45, 2.75) is 18.7 Å². The predicted octanol–water partition coefficient (Wildman–Crippen LogP) is 4.42. The summed E-state index contributed by atoms with van der Waals surface area (Å²) in [5.74, 6) is -1.89. The molecule has 0 unspecified atom stereocenters. The number of sulfonamides is 1. The van der Waals surface area contributed by atoms with Crippen molar-refractivity contribution in [3.8, 4) is 0 Å². The lowest BCUT2D eigenvalue weighted by Crippen LogP contribution is -2.15. The number of benzene rings is 2. The molecule has 0 aliphatic heterocycles. The van der Waals surface area contributed by atoms with Crippen molar-refractivity contribution >= 4 is 44.9 Å². The Balaban J connectivity index is 2.51. The summed E-state index contributed by atoms with van der Waals surface area (Å²) in [5.41, 5.74) is 0.115. The average molecular weight is 406 g/mol. The lowest BCUT2D eigenvalue weighted by atomic mass is 10.2. The Morgan fingerprint density at radius 1 is 1.20 bits per heavy atom. The second-order valence-electron chi connectivity index (χ2n) is 5.05. The van der Waals surface area contributed by atoms with Gasteiger partial charge in [-0.3, -0.25) is 4.72 Å². The minimum atomic E-state index is -4.08. The maximum absolute atomic E-state index is 14.0. The Kier molecular flexibility index (Phi) is 5.92. The highest BCUT2D eigenvalue weighted by atomic mass is 35.5. The van der Waals surface area contributed by atoms with E-state index < -0.39 is 32.5 Å². The molecule has 0 atom stereocenters. The summed E-state index contributed by atoms with van der Waals surface area (Å²) in [6.45, 7) is 3.42. The van der Waals surface area contributed by atoms with Crippen molar-refractivity contribution in [1.82, 2.24) is 0 Å². The Morgan fingerprint density at radius 2 is 1.80 bits per heavy atom. The van der Waals surface area contributed by atoms with Crippen molar-refractivity contribution in [2.24, 2.45) is 0 Å². The summed E-state index contributed by atoms with van der Waals surface area (Å²) in [6.07, 6.45) is 0. The molecule has 25 heavy (non-hydrogen) atoms. The van der Waals surface area contributed by atoms with Crippen molar-refractivity contribution in [3.05, 3.63) is 57.3 Å². The number of halogens is 3. The normalized spacial score (nSPS) is 11.2. The van der Waals surface area contributed by atoms with E-state index in [1.54, 1.807) is 26.0 Å². The topological polar surface area (TPSA) is 72.5 Å². The summed E-state index contributed by atoms with van der Waals surface area (Å²) in [5, 5.41) is -0.894. The predicted molar refractivity (Wildman–Crippen MR) is 94.4 cm³/mol. The summed E-state index contributed by atoms with van der Waals surface area (Å²) < 4.78 is 45.9. The maximum atomic E-state index is 14.0. The van der Waals surface area contributed by atoms with Crippen LogP contribution in [0.2, 0.25) is 10.0 Å². The van der Waals surface area contributed by atoms with E-state index in [9.17, 15) is 17.6 Å². The molecule has 0 radical (unpaired) electrons.